The monoisotopic (exact) mass is 521 g/mol. The van der Waals surface area contributed by atoms with Crippen LogP contribution in [-0.2, 0) is 0 Å². The van der Waals surface area contributed by atoms with Gasteiger partial charge in [-0.2, -0.15) is 5.10 Å². The number of carbonyl (C=O) groups is 1. The van der Waals surface area contributed by atoms with Crippen LogP contribution in [0, 0.1) is 0 Å². The third-order valence-electron chi connectivity index (χ3n) is 7.86. The number of hydrogen-bond donors (Lipinski definition) is 2. The topological polar surface area (TPSA) is 101 Å². The molecule has 0 atom stereocenters. The predicted octanol–water partition coefficient (Wildman–Crippen LogP) is 4.98. The Labute approximate surface area is 217 Å². The molecule has 1 amide bonds. The van der Waals surface area contributed by atoms with E-state index < -0.39 is 5.92 Å². The zero-order valence-corrected chi connectivity index (χ0v) is 20.8. The maximum atomic E-state index is 13.4. The summed E-state index contributed by atoms with van der Waals surface area (Å²) >= 11 is 0. The van der Waals surface area contributed by atoms with E-state index in [0.29, 0.717) is 35.3 Å². The number of hydrogen-bond acceptors (Lipinski definition) is 5. The minimum absolute atomic E-state index is 0.0327. The molecule has 10 heteroatoms. The molecular weight excluding hydrogens is 492 g/mol. The van der Waals surface area contributed by atoms with Crippen LogP contribution in [0.15, 0.2) is 53.6 Å². The number of ether oxygens (including phenoxy) is 1. The molecule has 2 fully saturated rings. The number of H-pyrrole nitrogens is 1. The van der Waals surface area contributed by atoms with Crippen molar-refractivity contribution < 1.29 is 18.3 Å². The van der Waals surface area contributed by atoms with Crippen molar-refractivity contribution in [2.75, 3.05) is 0 Å². The molecule has 0 aliphatic heterocycles. The van der Waals surface area contributed by atoms with Crippen LogP contribution in [0.1, 0.15) is 73.5 Å². The molecule has 6 rings (SSSR count). The molecule has 3 heterocycles. The average Bonchev–Trinajstić information content (AvgIpc) is 3.34. The fraction of sp³-hybridized carbons (Fsp3) is 0.429. The van der Waals surface area contributed by atoms with Gasteiger partial charge in [-0.3, -0.25) is 14.0 Å². The quantitative estimate of drug-likeness (QED) is 0.386. The van der Waals surface area contributed by atoms with E-state index in [4.69, 9.17) is 4.74 Å². The molecule has 0 saturated heterocycles. The molecule has 0 unspecified atom stereocenters. The molecule has 3 aromatic heterocycles. The maximum Gasteiger partial charge on any atom is 0.272 e. The number of amides is 1. The molecule has 4 aromatic rings. The Morgan fingerprint density at radius 1 is 1.05 bits per heavy atom. The molecule has 1 aromatic carbocycles. The van der Waals surface area contributed by atoms with Gasteiger partial charge in [-0.15, -0.1) is 0 Å². The summed E-state index contributed by atoms with van der Waals surface area (Å²) in [6.07, 6.45) is 6.67. The van der Waals surface area contributed by atoms with Crippen molar-refractivity contribution in [1.82, 2.24) is 24.9 Å². The lowest BCUT2D eigenvalue weighted by atomic mass is 9.82. The van der Waals surface area contributed by atoms with Gasteiger partial charge in [-0.25, -0.2) is 18.9 Å². The summed E-state index contributed by atoms with van der Waals surface area (Å²) < 4.78 is 34.5. The van der Waals surface area contributed by atoms with Gasteiger partial charge in [0, 0.05) is 42.5 Å². The number of carbonyl (C=O) groups excluding carboxylic acids is 1. The molecule has 0 radical (unpaired) electrons. The molecule has 38 heavy (non-hydrogen) atoms. The van der Waals surface area contributed by atoms with E-state index in [1.807, 2.05) is 24.3 Å². The normalized spacial score (nSPS) is 21.9. The SMILES string of the molecule is O=C(N[C@H]1CC[C@H](c2n[nH]c(=O)c3ccccc32)CC1)c1cnc2cc(OC3CCC(F)(F)CC3)ccn12. The van der Waals surface area contributed by atoms with Crippen LogP contribution < -0.4 is 15.6 Å². The first kappa shape index (κ1) is 24.5. The number of nitrogens with one attached hydrogen (secondary N) is 2. The molecule has 198 valence electrons. The Balaban J connectivity index is 1.08. The fourth-order valence-electron chi connectivity index (χ4n) is 5.74. The van der Waals surface area contributed by atoms with E-state index in [1.165, 1.54) is 6.20 Å². The average molecular weight is 522 g/mol. The summed E-state index contributed by atoms with van der Waals surface area (Å²) in [5.41, 5.74) is 1.72. The van der Waals surface area contributed by atoms with E-state index in [9.17, 15) is 18.4 Å². The van der Waals surface area contributed by atoms with Gasteiger partial charge in [0.25, 0.3) is 11.5 Å². The zero-order chi connectivity index (χ0) is 26.3. The van der Waals surface area contributed by atoms with Crippen molar-refractivity contribution in [2.45, 2.75) is 75.4 Å². The lowest BCUT2D eigenvalue weighted by Crippen LogP contribution is -2.38. The number of nitrogens with zero attached hydrogens (tertiary/aromatic N) is 3. The Morgan fingerprint density at radius 2 is 1.79 bits per heavy atom. The van der Waals surface area contributed by atoms with Crippen molar-refractivity contribution in [1.29, 1.82) is 0 Å². The number of fused-ring (bicyclic) bond motifs is 2. The summed E-state index contributed by atoms with van der Waals surface area (Å²) in [6, 6.07) is 11.0. The highest BCUT2D eigenvalue weighted by Gasteiger charge is 2.35. The predicted molar refractivity (Wildman–Crippen MR) is 138 cm³/mol. The number of pyridine rings is 1. The minimum Gasteiger partial charge on any atom is -0.490 e. The second-order valence-electron chi connectivity index (χ2n) is 10.4. The highest BCUT2D eigenvalue weighted by molar-refractivity contribution is 5.93. The molecule has 2 aliphatic rings. The summed E-state index contributed by atoms with van der Waals surface area (Å²) in [5.74, 6) is -2.01. The third kappa shape index (κ3) is 4.87. The first-order chi connectivity index (χ1) is 18.4. The second-order valence-corrected chi connectivity index (χ2v) is 10.4. The van der Waals surface area contributed by atoms with Crippen molar-refractivity contribution in [3.8, 4) is 5.75 Å². The third-order valence-corrected chi connectivity index (χ3v) is 7.86. The van der Waals surface area contributed by atoms with Crippen LogP contribution in [0.2, 0.25) is 0 Å². The van der Waals surface area contributed by atoms with Crippen molar-refractivity contribution in [3.63, 3.8) is 0 Å². The van der Waals surface area contributed by atoms with Crippen LogP contribution in [0.4, 0.5) is 8.78 Å². The summed E-state index contributed by atoms with van der Waals surface area (Å²) in [4.78, 5) is 29.6. The zero-order valence-electron chi connectivity index (χ0n) is 20.8. The van der Waals surface area contributed by atoms with Crippen molar-refractivity contribution >= 4 is 22.3 Å². The van der Waals surface area contributed by atoms with E-state index in [2.05, 4.69) is 20.5 Å². The van der Waals surface area contributed by atoms with Crippen molar-refractivity contribution in [2.24, 2.45) is 0 Å². The first-order valence-corrected chi connectivity index (χ1v) is 13.2. The molecule has 0 spiro atoms. The molecule has 2 N–H and O–H groups in total. The van der Waals surface area contributed by atoms with Gasteiger partial charge in [-0.1, -0.05) is 18.2 Å². The molecule has 2 saturated carbocycles. The summed E-state index contributed by atoms with van der Waals surface area (Å²) in [5, 5.41) is 11.7. The molecule has 2 aliphatic carbocycles. The smallest absolute Gasteiger partial charge is 0.272 e. The number of aromatic nitrogens is 4. The van der Waals surface area contributed by atoms with E-state index in [0.717, 1.165) is 36.8 Å². The van der Waals surface area contributed by atoms with Gasteiger partial charge in [0.05, 0.1) is 23.4 Å². The van der Waals surface area contributed by atoms with Crippen molar-refractivity contribution in [3.05, 3.63) is 70.5 Å². The number of benzene rings is 1. The van der Waals surface area contributed by atoms with Gasteiger partial charge in [0.1, 0.15) is 17.1 Å². The van der Waals surface area contributed by atoms with E-state index >= 15 is 0 Å². The van der Waals surface area contributed by atoms with E-state index in [-0.39, 0.29) is 42.4 Å². The first-order valence-electron chi connectivity index (χ1n) is 13.2. The Kier molecular flexibility index (Phi) is 6.33. The second kappa shape index (κ2) is 9.81. The Hall–Kier alpha value is -3.82. The largest absolute Gasteiger partial charge is 0.490 e. The van der Waals surface area contributed by atoms with Gasteiger partial charge >= 0.3 is 0 Å². The highest BCUT2D eigenvalue weighted by atomic mass is 19.3. The fourth-order valence-corrected chi connectivity index (χ4v) is 5.74. The number of halogens is 2. The van der Waals surface area contributed by atoms with Crippen LogP contribution in [0.3, 0.4) is 0 Å². The Morgan fingerprint density at radius 3 is 2.55 bits per heavy atom. The van der Waals surface area contributed by atoms with Crippen LogP contribution >= 0.6 is 0 Å². The number of imidazole rings is 1. The van der Waals surface area contributed by atoms with E-state index in [1.54, 1.807) is 22.7 Å². The lowest BCUT2D eigenvalue weighted by Gasteiger charge is -2.29. The molecule has 0 bridgehead atoms. The van der Waals surface area contributed by atoms with Gasteiger partial charge in [0.15, 0.2) is 0 Å². The standard InChI is InChI=1S/C28H29F2N5O3/c29-28(30)12-9-19(10-13-28)38-20-11-14-35-23(16-31-24(35)15-20)27(37)32-18-7-5-17(6-8-18)25-21-3-1-2-4-22(21)26(36)34-33-25/h1-4,11,14-19H,5-10,12-13H2,(H,32,37)(H,34,36)/t17-,18-. The van der Waals surface area contributed by atoms with Gasteiger partial charge in [-0.05, 0) is 50.7 Å². The lowest BCUT2D eigenvalue weighted by molar-refractivity contribution is -0.0582. The summed E-state index contributed by atoms with van der Waals surface area (Å²) in [7, 11) is 0. The van der Waals surface area contributed by atoms with Crippen LogP contribution in [0.25, 0.3) is 16.4 Å². The number of alkyl halides is 2. The molecule has 8 nitrogen and oxygen atoms in total. The highest BCUT2D eigenvalue weighted by Crippen LogP contribution is 2.36. The Bertz CT molecular complexity index is 1530. The molecular formula is C28H29F2N5O3. The maximum absolute atomic E-state index is 13.4. The number of aromatic amines is 1. The minimum atomic E-state index is -2.60. The van der Waals surface area contributed by atoms with Gasteiger partial charge < -0.3 is 10.1 Å². The number of rotatable bonds is 5. The van der Waals surface area contributed by atoms with Crippen LogP contribution in [-0.4, -0.2) is 43.6 Å². The van der Waals surface area contributed by atoms with Gasteiger partial charge in [0.2, 0.25) is 5.92 Å². The summed E-state index contributed by atoms with van der Waals surface area (Å²) in [6.45, 7) is 0. The van der Waals surface area contributed by atoms with Crippen LogP contribution in [0.5, 0.6) is 5.75 Å².